The van der Waals surface area contributed by atoms with Crippen molar-refractivity contribution in [3.8, 4) is 0 Å². The molecule has 0 N–H and O–H groups in total. The molecule has 15 heavy (non-hydrogen) atoms. The molecule has 0 aliphatic heterocycles. The monoisotopic (exact) mass is 224 g/mol. The van der Waals surface area contributed by atoms with Gasteiger partial charge >= 0.3 is 0 Å². The number of thioether (sulfide) groups is 1. The van der Waals surface area contributed by atoms with Gasteiger partial charge in [0.15, 0.2) is 0 Å². The van der Waals surface area contributed by atoms with Crippen LogP contribution in [0.2, 0.25) is 0 Å². The maximum absolute atomic E-state index is 2.39. The molecule has 86 valence electrons. The Morgan fingerprint density at radius 2 is 1.27 bits per heavy atom. The van der Waals surface area contributed by atoms with Crippen molar-refractivity contribution in [3.63, 3.8) is 0 Å². The van der Waals surface area contributed by atoms with Gasteiger partial charge in [-0.25, -0.2) is 0 Å². The van der Waals surface area contributed by atoms with Crippen LogP contribution in [0.4, 0.5) is 0 Å². The average Bonchev–Trinajstić information content (AvgIpc) is 2.08. The minimum atomic E-state index is 0.472. The van der Waals surface area contributed by atoms with E-state index in [0.29, 0.717) is 4.75 Å². The Morgan fingerprint density at radius 1 is 0.800 bits per heavy atom. The molecule has 4 bridgehead atoms. The third-order valence-corrected chi connectivity index (χ3v) is 6.38. The largest absolute Gasteiger partial charge is 0.152 e. The first kappa shape index (κ1) is 10.5. The minimum absolute atomic E-state index is 0.472. The van der Waals surface area contributed by atoms with E-state index in [2.05, 4.69) is 32.5 Å². The lowest BCUT2D eigenvalue weighted by Crippen LogP contribution is -2.47. The first-order chi connectivity index (χ1) is 7.01. The van der Waals surface area contributed by atoms with E-state index in [1.165, 1.54) is 0 Å². The molecule has 1 heteroatoms. The highest BCUT2D eigenvalue weighted by molar-refractivity contribution is 8.01. The lowest BCUT2D eigenvalue weighted by atomic mass is 9.56. The van der Waals surface area contributed by atoms with E-state index in [9.17, 15) is 0 Å². The van der Waals surface area contributed by atoms with Crippen molar-refractivity contribution in [2.24, 2.45) is 23.7 Å². The molecule has 0 aromatic rings. The fourth-order valence-electron chi connectivity index (χ4n) is 4.48. The highest BCUT2D eigenvalue weighted by Crippen LogP contribution is 2.58. The summed E-state index contributed by atoms with van der Waals surface area (Å²) in [5.41, 5.74) is 0. The summed E-state index contributed by atoms with van der Waals surface area (Å²) >= 11 is 2.29. The van der Waals surface area contributed by atoms with Crippen LogP contribution in [0.5, 0.6) is 0 Å². The van der Waals surface area contributed by atoms with Gasteiger partial charge in [0.1, 0.15) is 0 Å². The van der Waals surface area contributed by atoms with Gasteiger partial charge < -0.3 is 0 Å². The van der Waals surface area contributed by atoms with Crippen molar-refractivity contribution in [3.05, 3.63) is 0 Å². The maximum atomic E-state index is 2.39. The number of hydrogen-bond acceptors (Lipinski definition) is 1. The van der Waals surface area contributed by atoms with Crippen LogP contribution in [0, 0.1) is 23.7 Å². The van der Waals surface area contributed by atoms with Gasteiger partial charge in [-0.05, 0) is 55.8 Å². The zero-order chi connectivity index (χ0) is 10.6. The molecule has 4 rings (SSSR count). The predicted octanol–water partition coefficient (Wildman–Crippen LogP) is 4.34. The van der Waals surface area contributed by atoms with Crippen LogP contribution in [0.15, 0.2) is 0 Å². The first-order valence-corrected chi connectivity index (χ1v) is 7.57. The second-order valence-corrected chi connectivity index (χ2v) is 9.13. The van der Waals surface area contributed by atoms with Crippen LogP contribution in [0.25, 0.3) is 0 Å². The maximum Gasteiger partial charge on any atom is 0.0109 e. The summed E-state index contributed by atoms with van der Waals surface area (Å²) in [7, 11) is 0. The first-order valence-electron chi connectivity index (χ1n) is 6.69. The summed E-state index contributed by atoms with van der Waals surface area (Å²) in [4.78, 5) is 0. The van der Waals surface area contributed by atoms with E-state index in [4.69, 9.17) is 0 Å². The number of rotatable bonds is 1. The molecule has 4 saturated carbocycles. The van der Waals surface area contributed by atoms with Gasteiger partial charge in [-0.2, -0.15) is 11.8 Å². The van der Waals surface area contributed by atoms with Crippen molar-refractivity contribution in [1.29, 1.82) is 0 Å². The van der Waals surface area contributed by atoms with Gasteiger partial charge in [0.05, 0.1) is 0 Å². The molecule has 0 heterocycles. The van der Waals surface area contributed by atoms with E-state index in [0.717, 1.165) is 28.9 Å². The highest BCUT2D eigenvalue weighted by atomic mass is 32.2. The fourth-order valence-corrected chi connectivity index (χ4v) is 6.12. The lowest BCUT2D eigenvalue weighted by Gasteiger charge is -2.55. The molecule has 0 aromatic carbocycles. The highest BCUT2D eigenvalue weighted by Gasteiger charge is 2.49. The molecular weight excluding hydrogens is 200 g/mol. The zero-order valence-electron chi connectivity index (χ0n) is 10.3. The Kier molecular flexibility index (Phi) is 2.39. The third kappa shape index (κ3) is 1.97. The summed E-state index contributed by atoms with van der Waals surface area (Å²) in [6.07, 6.45) is 7.86. The second-order valence-electron chi connectivity index (χ2n) is 7.13. The van der Waals surface area contributed by atoms with Crippen LogP contribution in [-0.4, -0.2) is 10.00 Å². The Balaban J connectivity index is 1.75. The molecule has 0 saturated heterocycles. The van der Waals surface area contributed by atoms with E-state index in [1.807, 2.05) is 0 Å². The van der Waals surface area contributed by atoms with Crippen LogP contribution >= 0.6 is 11.8 Å². The smallest absolute Gasteiger partial charge is 0.0109 e. The molecular formula is C14H24S. The molecule has 4 aliphatic carbocycles. The standard InChI is InChI=1S/C14H24S/c1-14(2,3)15-13-11-5-9-4-10(7-11)8-12(13)6-9/h9-13H,4-8H2,1-3H3. The van der Waals surface area contributed by atoms with Crippen LogP contribution < -0.4 is 0 Å². The van der Waals surface area contributed by atoms with Crippen LogP contribution in [-0.2, 0) is 0 Å². The summed E-state index contributed by atoms with van der Waals surface area (Å²) in [6, 6.07) is 0. The lowest BCUT2D eigenvalue weighted by molar-refractivity contribution is 0.0264. The van der Waals surface area contributed by atoms with Crippen molar-refractivity contribution in [2.75, 3.05) is 0 Å². The van der Waals surface area contributed by atoms with E-state index in [-0.39, 0.29) is 0 Å². The quantitative estimate of drug-likeness (QED) is 0.638. The van der Waals surface area contributed by atoms with Crippen LogP contribution in [0.1, 0.15) is 52.9 Å². The van der Waals surface area contributed by atoms with Crippen LogP contribution in [0.3, 0.4) is 0 Å². The third-order valence-electron chi connectivity index (χ3n) is 4.63. The zero-order valence-corrected chi connectivity index (χ0v) is 11.1. The summed E-state index contributed by atoms with van der Waals surface area (Å²) < 4.78 is 0.472. The normalized spacial score (nSPS) is 48.6. The average molecular weight is 224 g/mol. The van der Waals surface area contributed by atoms with Gasteiger partial charge in [-0.3, -0.25) is 0 Å². The SMILES string of the molecule is CC(C)(C)SC1C2CC3CC(C2)CC1C3. The second kappa shape index (κ2) is 3.42. The summed E-state index contributed by atoms with van der Waals surface area (Å²) in [6.45, 7) is 7.17. The Morgan fingerprint density at radius 3 is 1.67 bits per heavy atom. The molecule has 4 aliphatic rings. The number of hydrogen-bond donors (Lipinski definition) is 0. The van der Waals surface area contributed by atoms with Gasteiger partial charge in [0, 0.05) is 10.00 Å². The van der Waals surface area contributed by atoms with Crippen molar-refractivity contribution >= 4 is 11.8 Å². The fraction of sp³-hybridized carbons (Fsp3) is 1.00. The Labute approximate surface area is 98.6 Å². The molecule has 0 aromatic heterocycles. The van der Waals surface area contributed by atoms with Crippen molar-refractivity contribution in [2.45, 2.75) is 62.9 Å². The topological polar surface area (TPSA) is 0 Å². The predicted molar refractivity (Wildman–Crippen MR) is 68.2 cm³/mol. The summed E-state index contributed by atoms with van der Waals surface area (Å²) in [5.74, 6) is 4.43. The molecule has 4 fully saturated rings. The molecule has 0 amide bonds. The molecule has 0 radical (unpaired) electrons. The Bertz CT molecular complexity index is 223. The molecule has 0 spiro atoms. The van der Waals surface area contributed by atoms with Gasteiger partial charge in [-0.15, -0.1) is 0 Å². The minimum Gasteiger partial charge on any atom is -0.152 e. The van der Waals surface area contributed by atoms with E-state index < -0.39 is 0 Å². The van der Waals surface area contributed by atoms with Gasteiger partial charge in [0.2, 0.25) is 0 Å². The van der Waals surface area contributed by atoms with E-state index in [1.54, 1.807) is 32.1 Å². The van der Waals surface area contributed by atoms with Gasteiger partial charge in [0.25, 0.3) is 0 Å². The Hall–Kier alpha value is 0.350. The van der Waals surface area contributed by atoms with Gasteiger partial charge in [-0.1, -0.05) is 20.8 Å². The molecule has 0 unspecified atom stereocenters. The molecule has 0 atom stereocenters. The van der Waals surface area contributed by atoms with Crippen molar-refractivity contribution < 1.29 is 0 Å². The molecule has 0 nitrogen and oxygen atoms in total. The van der Waals surface area contributed by atoms with E-state index >= 15 is 0 Å². The summed E-state index contributed by atoms with van der Waals surface area (Å²) in [5, 5.41) is 1.01. The van der Waals surface area contributed by atoms with Crippen molar-refractivity contribution in [1.82, 2.24) is 0 Å².